The van der Waals surface area contributed by atoms with E-state index in [1.54, 1.807) is 24.3 Å². The zero-order chi connectivity index (χ0) is 17.4. The van der Waals surface area contributed by atoms with Gasteiger partial charge in [0, 0.05) is 6.42 Å². The summed E-state index contributed by atoms with van der Waals surface area (Å²) in [4.78, 5) is 12.0. The van der Waals surface area contributed by atoms with Gasteiger partial charge in [0.15, 0.2) is 0 Å². The van der Waals surface area contributed by atoms with Crippen LogP contribution in [0.3, 0.4) is 0 Å². The maximum absolute atomic E-state index is 12.2. The lowest BCUT2D eigenvalue weighted by atomic mass is 10.1. The Bertz CT molecular complexity index is 753. The Morgan fingerprint density at radius 2 is 1.54 bits per heavy atom. The predicted molar refractivity (Wildman–Crippen MR) is 95.1 cm³/mol. The summed E-state index contributed by atoms with van der Waals surface area (Å²) in [5.74, 6) is -0.469. The molecular formula is C19H23NO3S. The predicted octanol–water partition coefficient (Wildman–Crippen LogP) is 3.47. The number of rotatable bonds is 8. The van der Waals surface area contributed by atoms with Crippen LogP contribution in [0.4, 0.5) is 0 Å². The van der Waals surface area contributed by atoms with E-state index >= 15 is 0 Å². The highest BCUT2D eigenvalue weighted by molar-refractivity contribution is 7.90. The van der Waals surface area contributed by atoms with E-state index in [-0.39, 0.29) is 11.3 Å². The van der Waals surface area contributed by atoms with Crippen LogP contribution in [0.25, 0.3) is 0 Å². The molecule has 0 saturated heterocycles. The lowest BCUT2D eigenvalue weighted by Gasteiger charge is -2.08. The summed E-state index contributed by atoms with van der Waals surface area (Å²) in [5.41, 5.74) is 2.23. The van der Waals surface area contributed by atoms with Gasteiger partial charge in [0.2, 0.25) is 5.91 Å². The lowest BCUT2D eigenvalue weighted by molar-refractivity contribution is -0.119. The van der Waals surface area contributed by atoms with Crippen molar-refractivity contribution in [2.45, 2.75) is 43.9 Å². The van der Waals surface area contributed by atoms with Crippen molar-refractivity contribution in [2.75, 3.05) is 0 Å². The summed E-state index contributed by atoms with van der Waals surface area (Å²) in [7, 11) is -3.79. The van der Waals surface area contributed by atoms with Crippen LogP contribution in [-0.2, 0) is 27.7 Å². The summed E-state index contributed by atoms with van der Waals surface area (Å²) >= 11 is 0. The van der Waals surface area contributed by atoms with Gasteiger partial charge in [0.05, 0.1) is 4.90 Å². The molecular weight excluding hydrogens is 322 g/mol. The lowest BCUT2D eigenvalue weighted by Crippen LogP contribution is -2.30. The van der Waals surface area contributed by atoms with Crippen molar-refractivity contribution >= 4 is 15.9 Å². The highest BCUT2D eigenvalue weighted by atomic mass is 32.2. The van der Waals surface area contributed by atoms with E-state index in [4.69, 9.17) is 0 Å². The summed E-state index contributed by atoms with van der Waals surface area (Å²) in [6, 6.07) is 16.5. The van der Waals surface area contributed by atoms with E-state index in [1.807, 2.05) is 30.3 Å². The normalized spacial score (nSPS) is 11.2. The molecule has 0 saturated carbocycles. The van der Waals surface area contributed by atoms with Gasteiger partial charge in [-0.2, -0.15) is 0 Å². The first-order valence-electron chi connectivity index (χ1n) is 8.20. The van der Waals surface area contributed by atoms with Gasteiger partial charge in [0.1, 0.15) is 0 Å². The van der Waals surface area contributed by atoms with Crippen molar-refractivity contribution < 1.29 is 13.2 Å². The fourth-order valence-corrected chi connectivity index (χ4v) is 3.50. The molecule has 24 heavy (non-hydrogen) atoms. The number of hydrogen-bond donors (Lipinski definition) is 1. The fourth-order valence-electron chi connectivity index (χ4n) is 2.48. The summed E-state index contributed by atoms with van der Waals surface area (Å²) in [6.07, 6.45) is 3.46. The first-order valence-corrected chi connectivity index (χ1v) is 9.68. The van der Waals surface area contributed by atoms with Gasteiger partial charge in [0.25, 0.3) is 10.0 Å². The van der Waals surface area contributed by atoms with Crippen molar-refractivity contribution in [2.24, 2.45) is 0 Å². The zero-order valence-electron chi connectivity index (χ0n) is 13.9. The summed E-state index contributed by atoms with van der Waals surface area (Å²) in [6.45, 7) is 2.07. The van der Waals surface area contributed by atoms with Crippen LogP contribution < -0.4 is 4.72 Å². The fraction of sp³-hybridized carbons (Fsp3) is 0.316. The number of sulfonamides is 1. The minimum Gasteiger partial charge on any atom is -0.274 e. The number of amides is 1. The van der Waals surface area contributed by atoms with Crippen LogP contribution >= 0.6 is 0 Å². The molecule has 0 spiro atoms. The molecule has 0 atom stereocenters. The Hall–Kier alpha value is -2.14. The minimum absolute atomic E-state index is 0.124. The number of aryl methyl sites for hydroxylation is 2. The molecule has 0 radical (unpaired) electrons. The first kappa shape index (κ1) is 18.2. The Morgan fingerprint density at radius 3 is 2.17 bits per heavy atom. The average Bonchev–Trinajstić information content (AvgIpc) is 2.56. The van der Waals surface area contributed by atoms with E-state index in [9.17, 15) is 13.2 Å². The average molecular weight is 345 g/mol. The highest BCUT2D eigenvalue weighted by Gasteiger charge is 2.17. The maximum atomic E-state index is 12.2. The number of carbonyl (C=O) groups is 1. The van der Waals surface area contributed by atoms with Crippen LogP contribution in [0, 0.1) is 0 Å². The molecule has 0 aliphatic rings. The van der Waals surface area contributed by atoms with Crippen LogP contribution in [0.5, 0.6) is 0 Å². The Balaban J connectivity index is 1.87. The second kappa shape index (κ2) is 8.64. The number of carbonyl (C=O) groups excluding carboxylic acids is 1. The smallest absolute Gasteiger partial charge is 0.264 e. The molecule has 2 rings (SSSR count). The number of hydrogen-bond acceptors (Lipinski definition) is 3. The second-order valence-corrected chi connectivity index (χ2v) is 7.44. The molecule has 1 amide bonds. The van der Waals surface area contributed by atoms with Crippen LogP contribution in [-0.4, -0.2) is 14.3 Å². The SMILES string of the molecule is CCCc1ccc(S(=O)(=O)NC(=O)CCCc2ccccc2)cc1. The van der Waals surface area contributed by atoms with Crippen molar-refractivity contribution in [1.82, 2.24) is 4.72 Å². The van der Waals surface area contributed by atoms with E-state index in [0.717, 1.165) is 30.4 Å². The van der Waals surface area contributed by atoms with Gasteiger partial charge >= 0.3 is 0 Å². The van der Waals surface area contributed by atoms with E-state index in [0.29, 0.717) is 6.42 Å². The van der Waals surface area contributed by atoms with Crippen molar-refractivity contribution in [3.63, 3.8) is 0 Å². The summed E-state index contributed by atoms with van der Waals surface area (Å²) < 4.78 is 26.6. The Labute approximate surface area is 144 Å². The molecule has 0 aliphatic heterocycles. The van der Waals surface area contributed by atoms with Crippen molar-refractivity contribution in [1.29, 1.82) is 0 Å². The third-order valence-electron chi connectivity index (χ3n) is 3.73. The van der Waals surface area contributed by atoms with Crippen LogP contribution in [0.1, 0.15) is 37.3 Å². The second-order valence-electron chi connectivity index (χ2n) is 5.76. The molecule has 2 aromatic rings. The summed E-state index contributed by atoms with van der Waals surface area (Å²) in [5, 5.41) is 0. The molecule has 4 nitrogen and oxygen atoms in total. The van der Waals surface area contributed by atoms with E-state index < -0.39 is 15.9 Å². The number of nitrogens with one attached hydrogen (secondary N) is 1. The van der Waals surface area contributed by atoms with Crippen LogP contribution in [0.2, 0.25) is 0 Å². The van der Waals surface area contributed by atoms with Gasteiger partial charge in [-0.3, -0.25) is 4.79 Å². The van der Waals surface area contributed by atoms with Gasteiger partial charge in [-0.05, 0) is 42.5 Å². The monoisotopic (exact) mass is 345 g/mol. The van der Waals surface area contributed by atoms with Crippen molar-refractivity contribution in [3.05, 3.63) is 65.7 Å². The van der Waals surface area contributed by atoms with Crippen LogP contribution in [0.15, 0.2) is 59.5 Å². The largest absolute Gasteiger partial charge is 0.274 e. The van der Waals surface area contributed by atoms with Gasteiger partial charge in [-0.15, -0.1) is 0 Å². The molecule has 0 aromatic heterocycles. The molecule has 0 unspecified atom stereocenters. The topological polar surface area (TPSA) is 63.2 Å². The molecule has 1 N–H and O–H groups in total. The zero-order valence-corrected chi connectivity index (χ0v) is 14.7. The Kier molecular flexibility index (Phi) is 6.55. The molecule has 0 aliphatic carbocycles. The molecule has 5 heteroatoms. The van der Waals surface area contributed by atoms with Gasteiger partial charge in [-0.25, -0.2) is 13.1 Å². The van der Waals surface area contributed by atoms with E-state index in [1.165, 1.54) is 0 Å². The molecule has 0 heterocycles. The van der Waals surface area contributed by atoms with Gasteiger partial charge in [-0.1, -0.05) is 55.8 Å². The molecule has 2 aromatic carbocycles. The van der Waals surface area contributed by atoms with Crippen molar-refractivity contribution in [3.8, 4) is 0 Å². The standard InChI is InChI=1S/C19H23NO3S/c1-2-7-16-12-14-18(15-13-16)24(22,23)20-19(21)11-6-10-17-8-4-3-5-9-17/h3-5,8-9,12-15H,2,6-7,10-11H2,1H3,(H,20,21). The Morgan fingerprint density at radius 1 is 0.917 bits per heavy atom. The minimum atomic E-state index is -3.79. The highest BCUT2D eigenvalue weighted by Crippen LogP contribution is 2.12. The third-order valence-corrected chi connectivity index (χ3v) is 5.12. The van der Waals surface area contributed by atoms with Gasteiger partial charge < -0.3 is 0 Å². The molecule has 128 valence electrons. The maximum Gasteiger partial charge on any atom is 0.264 e. The quantitative estimate of drug-likeness (QED) is 0.797. The van der Waals surface area contributed by atoms with E-state index in [2.05, 4.69) is 11.6 Å². The number of benzene rings is 2. The molecule has 0 bridgehead atoms. The first-order chi connectivity index (χ1) is 11.5. The molecule has 0 fully saturated rings. The third kappa shape index (κ3) is 5.49.